The molecule has 0 aliphatic carbocycles. The summed E-state index contributed by atoms with van der Waals surface area (Å²) in [5.74, 6) is -2.04. The molecule has 6 rings (SSSR count). The van der Waals surface area contributed by atoms with E-state index >= 15 is 0 Å². The van der Waals surface area contributed by atoms with Gasteiger partial charge in [0.15, 0.2) is 0 Å². The molecule has 0 bridgehead atoms. The minimum Gasteiger partial charge on any atom is -0.507 e. The number of nitrogens with two attached hydrogens (primary N) is 2. The number of anilines is 4. The molecule has 0 atom stereocenters. The van der Waals surface area contributed by atoms with Crippen molar-refractivity contribution in [1.29, 1.82) is 0 Å². The predicted molar refractivity (Wildman–Crippen MR) is 232 cm³/mol. The van der Waals surface area contributed by atoms with Crippen molar-refractivity contribution in [1.82, 2.24) is 0 Å². The van der Waals surface area contributed by atoms with Gasteiger partial charge in [0.25, 0.3) is 40.5 Å². The maximum absolute atomic E-state index is 13.4. The maximum Gasteiger partial charge on any atom is 0.323 e. The third-order valence-corrected chi connectivity index (χ3v) is 12.3. The van der Waals surface area contributed by atoms with Crippen LogP contribution < -0.4 is 31.6 Å². The molecule has 25 nitrogen and oxygen atoms in total. The van der Waals surface area contributed by atoms with Crippen molar-refractivity contribution in [2.24, 2.45) is 20.5 Å². The van der Waals surface area contributed by atoms with E-state index in [-0.39, 0.29) is 85.4 Å². The Hall–Kier alpha value is -6.25. The Morgan fingerprint density at radius 3 is 1.20 bits per heavy atom. The van der Waals surface area contributed by atoms with E-state index in [0.29, 0.717) is 24.3 Å². The minimum absolute atomic E-state index is 0. The van der Waals surface area contributed by atoms with Gasteiger partial charge in [-0.15, -0.1) is 20.5 Å². The van der Waals surface area contributed by atoms with E-state index in [9.17, 15) is 66.9 Å². The first-order valence-corrected chi connectivity index (χ1v) is 22.8. The molecular formula is C35H30N8NaO17S4. The monoisotopic (exact) mass is 985 g/mol. The van der Waals surface area contributed by atoms with Crippen LogP contribution in [0.4, 0.5) is 50.3 Å². The average Bonchev–Trinajstić information content (AvgIpc) is 3.18. The molecule has 1 radical (unpaired) electrons. The first-order valence-electron chi connectivity index (χ1n) is 17.1. The molecule has 6 aromatic rings. The van der Waals surface area contributed by atoms with Crippen LogP contribution in [0.1, 0.15) is 0 Å². The molecule has 0 aliphatic heterocycles. The number of azo groups is 2. The van der Waals surface area contributed by atoms with Gasteiger partial charge in [0.2, 0.25) is 0 Å². The third kappa shape index (κ3) is 10.7. The van der Waals surface area contributed by atoms with E-state index in [4.69, 9.17) is 20.9 Å². The molecule has 2 amide bonds. The first-order chi connectivity index (χ1) is 29.7. The van der Waals surface area contributed by atoms with E-state index < -0.39 is 100 Å². The normalized spacial score (nSPS) is 12.4. The molecule has 12 N–H and O–H groups in total. The van der Waals surface area contributed by atoms with Crippen molar-refractivity contribution in [3.8, 4) is 23.0 Å². The molecule has 0 aromatic heterocycles. The van der Waals surface area contributed by atoms with E-state index in [1.165, 1.54) is 24.3 Å². The summed E-state index contributed by atoms with van der Waals surface area (Å²) in [5, 5.41) is 41.0. The van der Waals surface area contributed by atoms with Crippen molar-refractivity contribution in [3.63, 3.8) is 0 Å². The zero-order chi connectivity index (χ0) is 47.3. The molecule has 0 spiro atoms. The smallest absolute Gasteiger partial charge is 0.323 e. The molecule has 0 saturated carbocycles. The summed E-state index contributed by atoms with van der Waals surface area (Å²) in [4.78, 5) is 10.1. The van der Waals surface area contributed by atoms with Crippen molar-refractivity contribution in [2.45, 2.75) is 19.6 Å². The SMILES string of the molecule is COc1cc(N=Nc2c(N)ccc3cc(S(=O)(=O)O)cc(O)c23)c(S(=O)(=O)O)cc1NC(=O)Nc1cc(S(=O)(=O)O)c(N=Nc2c(N)ccc3cc(S(=O)(=O)O)cc(O)c23)cc1OC.[Na]. The van der Waals surface area contributed by atoms with Gasteiger partial charge in [-0.25, -0.2) is 4.79 Å². The van der Waals surface area contributed by atoms with Crippen molar-refractivity contribution in [3.05, 3.63) is 72.8 Å². The van der Waals surface area contributed by atoms with Crippen LogP contribution in [0.15, 0.2) is 113 Å². The van der Waals surface area contributed by atoms with Crippen molar-refractivity contribution in [2.75, 3.05) is 36.3 Å². The van der Waals surface area contributed by atoms with Crippen molar-refractivity contribution >= 4 is 143 Å². The van der Waals surface area contributed by atoms with Gasteiger partial charge in [-0.3, -0.25) is 18.2 Å². The number of rotatable bonds is 12. The number of amides is 2. The van der Waals surface area contributed by atoms with Gasteiger partial charge in [-0.2, -0.15) is 33.7 Å². The number of nitrogen functional groups attached to an aromatic ring is 2. The molecule has 0 saturated heterocycles. The number of phenols is 2. The predicted octanol–water partition coefficient (Wildman–Crippen LogP) is 5.67. The Bertz CT molecular complexity index is 3270. The Morgan fingerprint density at radius 1 is 0.538 bits per heavy atom. The number of urea groups is 1. The average molecular weight is 986 g/mol. The van der Waals surface area contributed by atoms with E-state index in [1.807, 2.05) is 0 Å². The summed E-state index contributed by atoms with van der Waals surface area (Å²) in [6.07, 6.45) is 0. The van der Waals surface area contributed by atoms with E-state index in [2.05, 4.69) is 31.1 Å². The number of carbonyl (C=O) groups excluding carboxylic acids is 1. The Kier molecular flexibility index (Phi) is 14.0. The summed E-state index contributed by atoms with van der Waals surface area (Å²) in [7, 11) is -17.7. The van der Waals surface area contributed by atoms with Crippen LogP contribution in [-0.2, 0) is 40.5 Å². The second-order valence-corrected chi connectivity index (χ2v) is 18.6. The van der Waals surface area contributed by atoms with E-state index in [1.54, 1.807) is 0 Å². The molecule has 0 aliphatic rings. The van der Waals surface area contributed by atoms with Gasteiger partial charge in [0.1, 0.15) is 55.5 Å². The molecule has 0 heterocycles. The number of fused-ring (bicyclic) bond motifs is 2. The summed E-state index contributed by atoms with van der Waals surface area (Å²) in [5.41, 5.74) is 9.10. The number of phenolic OH excluding ortho intramolecular Hbond substituents is 2. The second-order valence-electron chi connectivity index (χ2n) is 13.0. The Morgan fingerprint density at radius 2 is 0.892 bits per heavy atom. The standard InChI is InChI=1S/C35H30N8O17S4.Na/c1-59-27-11-23(40-42-33-19(36)5-3-15-7-17(61(47,48)49)9-25(44)31(15)33)29(63(53,54)55)13-21(27)38-35(46)39-22-14-30(64(56,57)58)24(12-28(22)60-2)41-43-34-20(37)6-4-16-8-18(62(50,51)52)10-26(45)32(16)34;/h3-14,44-45H,36-37H2,1-2H3,(H2,38,39,46)(H,47,48,49)(H,50,51,52)(H,53,54,55)(H,56,57,58);. The maximum atomic E-state index is 13.4. The van der Waals surface area contributed by atoms with Gasteiger partial charge < -0.3 is 41.8 Å². The second kappa shape index (κ2) is 18.3. The largest absolute Gasteiger partial charge is 0.507 e. The topological polar surface area (TPSA) is 419 Å². The Balaban J connectivity index is 0.00000793. The minimum atomic E-state index is -5.20. The number of methoxy groups -OCH3 is 2. The fourth-order valence-electron chi connectivity index (χ4n) is 6.03. The van der Waals surface area contributed by atoms with Crippen LogP contribution >= 0.6 is 0 Å². The van der Waals surface area contributed by atoms with Gasteiger partial charge in [0, 0.05) is 53.8 Å². The van der Waals surface area contributed by atoms with Gasteiger partial charge in [0.05, 0.1) is 57.5 Å². The molecule has 65 heavy (non-hydrogen) atoms. The molecule has 0 unspecified atom stereocenters. The van der Waals surface area contributed by atoms with Crippen LogP contribution in [-0.4, -0.2) is 112 Å². The number of aromatic hydroxyl groups is 2. The molecule has 6 aromatic carbocycles. The molecule has 30 heteroatoms. The quantitative estimate of drug-likeness (QED) is 0.0305. The summed E-state index contributed by atoms with van der Waals surface area (Å²) in [6.45, 7) is 0. The van der Waals surface area contributed by atoms with Crippen molar-refractivity contribution < 1.29 is 76.4 Å². The van der Waals surface area contributed by atoms with Gasteiger partial charge >= 0.3 is 6.03 Å². The number of carbonyl (C=O) groups is 1. The Labute approximate surface area is 389 Å². The van der Waals surface area contributed by atoms with Crippen LogP contribution in [0.3, 0.4) is 0 Å². The zero-order valence-electron chi connectivity index (χ0n) is 33.2. The van der Waals surface area contributed by atoms with Crippen LogP contribution in [0.2, 0.25) is 0 Å². The summed E-state index contributed by atoms with van der Waals surface area (Å²) >= 11 is 0. The molecular weight excluding hydrogens is 956 g/mol. The summed E-state index contributed by atoms with van der Waals surface area (Å²) in [6, 6.07) is 10.5. The summed E-state index contributed by atoms with van der Waals surface area (Å²) < 4.78 is 147. The van der Waals surface area contributed by atoms with Crippen LogP contribution in [0.25, 0.3) is 21.5 Å². The fraction of sp³-hybridized carbons (Fsp3) is 0.0571. The zero-order valence-corrected chi connectivity index (χ0v) is 38.4. The number of nitrogens with zero attached hydrogens (tertiary/aromatic N) is 4. The van der Waals surface area contributed by atoms with E-state index in [0.717, 1.165) is 38.5 Å². The van der Waals surface area contributed by atoms with Crippen LogP contribution in [0, 0.1) is 0 Å². The fourth-order valence-corrected chi connectivity index (χ4v) is 8.36. The van der Waals surface area contributed by atoms with Gasteiger partial charge in [-0.1, -0.05) is 12.1 Å². The molecule has 337 valence electrons. The van der Waals surface area contributed by atoms with Crippen LogP contribution in [0.5, 0.6) is 23.0 Å². The number of hydrogen-bond acceptors (Lipinski definition) is 19. The number of hydrogen-bond donors (Lipinski definition) is 10. The number of ether oxygens (including phenoxy) is 2. The third-order valence-electron chi connectivity index (χ3n) is 8.87. The molecule has 0 fully saturated rings. The first kappa shape index (κ1) is 49.8. The van der Waals surface area contributed by atoms with Gasteiger partial charge in [-0.05, 0) is 47.2 Å². The number of nitrogens with one attached hydrogen (secondary N) is 2. The number of benzene rings is 6.